The van der Waals surface area contributed by atoms with Crippen molar-refractivity contribution >= 4 is 5.91 Å². The molecular weight excluding hydrogens is 152 g/mol. The molecule has 2 N–H and O–H groups in total. The Morgan fingerprint density at radius 2 is 2.17 bits per heavy atom. The quantitative estimate of drug-likeness (QED) is 0.679. The summed E-state index contributed by atoms with van der Waals surface area (Å²) in [5.74, 6) is 0.264. The van der Waals surface area contributed by atoms with Crippen LogP contribution in [-0.4, -0.2) is 29.4 Å². The minimum absolute atomic E-state index is 0.123. The van der Waals surface area contributed by atoms with E-state index in [4.69, 9.17) is 5.73 Å². The highest BCUT2D eigenvalue weighted by atomic mass is 16.2. The summed E-state index contributed by atoms with van der Waals surface area (Å²) in [5.41, 5.74) is 5.66. The molecule has 0 aliphatic carbocycles. The van der Waals surface area contributed by atoms with Crippen LogP contribution in [0.5, 0.6) is 0 Å². The van der Waals surface area contributed by atoms with E-state index in [1.165, 1.54) is 0 Å². The van der Waals surface area contributed by atoms with Gasteiger partial charge in [0.2, 0.25) is 5.91 Å². The smallest absolute Gasteiger partial charge is 0.222 e. The first-order valence-corrected chi connectivity index (χ1v) is 4.62. The second-order valence-corrected chi connectivity index (χ2v) is 4.01. The zero-order valence-electron chi connectivity index (χ0n) is 7.97. The van der Waals surface area contributed by atoms with Crippen LogP contribution >= 0.6 is 0 Å². The molecule has 0 aromatic heterocycles. The maximum atomic E-state index is 11.3. The molecule has 1 aliphatic heterocycles. The minimum Gasteiger partial charge on any atom is -0.339 e. The predicted octanol–water partition coefficient (Wildman–Crippen LogP) is 0.736. The first-order valence-electron chi connectivity index (χ1n) is 4.62. The summed E-state index contributed by atoms with van der Waals surface area (Å²) in [5, 5.41) is 0. The Morgan fingerprint density at radius 1 is 1.58 bits per heavy atom. The van der Waals surface area contributed by atoms with E-state index in [-0.39, 0.29) is 11.4 Å². The standard InChI is InChI=1S/C9H18N2O/c1-3-4-5-8(12)11-6-9(2,10)7-11/h3-7,10H2,1-2H3. The number of amides is 1. The number of hydrogen-bond acceptors (Lipinski definition) is 2. The Labute approximate surface area is 73.9 Å². The van der Waals surface area contributed by atoms with Crippen molar-refractivity contribution in [1.82, 2.24) is 4.90 Å². The van der Waals surface area contributed by atoms with Crippen LogP contribution in [0.2, 0.25) is 0 Å². The van der Waals surface area contributed by atoms with Crippen LogP contribution in [0, 0.1) is 0 Å². The van der Waals surface area contributed by atoms with Gasteiger partial charge in [-0.2, -0.15) is 0 Å². The van der Waals surface area contributed by atoms with Crippen LogP contribution in [0.1, 0.15) is 33.1 Å². The third-order valence-corrected chi connectivity index (χ3v) is 2.20. The number of unbranched alkanes of at least 4 members (excludes halogenated alkanes) is 1. The van der Waals surface area contributed by atoms with E-state index in [1.807, 2.05) is 11.8 Å². The zero-order valence-corrected chi connectivity index (χ0v) is 7.97. The topological polar surface area (TPSA) is 46.3 Å². The van der Waals surface area contributed by atoms with Crippen LogP contribution in [0.4, 0.5) is 0 Å². The van der Waals surface area contributed by atoms with E-state index in [0.717, 1.165) is 25.9 Å². The molecular formula is C9H18N2O. The van der Waals surface area contributed by atoms with Crippen LogP contribution in [-0.2, 0) is 4.79 Å². The Kier molecular flexibility index (Phi) is 2.73. The first-order chi connectivity index (χ1) is 5.55. The molecule has 70 valence electrons. The molecule has 0 radical (unpaired) electrons. The Balaban J connectivity index is 2.19. The molecule has 12 heavy (non-hydrogen) atoms. The molecule has 3 heteroatoms. The normalized spacial score (nSPS) is 20.4. The first kappa shape index (κ1) is 9.52. The molecule has 0 bridgehead atoms. The molecule has 0 atom stereocenters. The molecule has 0 aromatic rings. The van der Waals surface area contributed by atoms with E-state index >= 15 is 0 Å². The highest BCUT2D eigenvalue weighted by molar-refractivity contribution is 5.77. The summed E-state index contributed by atoms with van der Waals surface area (Å²) in [6.07, 6.45) is 2.77. The second-order valence-electron chi connectivity index (χ2n) is 4.01. The third kappa shape index (κ3) is 2.21. The van der Waals surface area contributed by atoms with Crippen molar-refractivity contribution in [3.8, 4) is 0 Å². The molecule has 0 spiro atoms. The largest absolute Gasteiger partial charge is 0.339 e. The number of hydrogen-bond donors (Lipinski definition) is 1. The lowest BCUT2D eigenvalue weighted by Crippen LogP contribution is -2.66. The second kappa shape index (κ2) is 3.44. The number of rotatable bonds is 3. The summed E-state index contributed by atoms with van der Waals surface area (Å²) in [6.45, 7) is 5.54. The van der Waals surface area contributed by atoms with E-state index in [1.54, 1.807) is 0 Å². The van der Waals surface area contributed by atoms with Crippen molar-refractivity contribution in [2.75, 3.05) is 13.1 Å². The van der Waals surface area contributed by atoms with Gasteiger partial charge in [0, 0.05) is 25.0 Å². The number of carbonyl (C=O) groups excluding carboxylic acids is 1. The van der Waals surface area contributed by atoms with Crippen molar-refractivity contribution < 1.29 is 4.79 Å². The van der Waals surface area contributed by atoms with Gasteiger partial charge >= 0.3 is 0 Å². The number of likely N-dealkylation sites (tertiary alicyclic amines) is 1. The molecule has 1 saturated heterocycles. The summed E-state index contributed by atoms with van der Waals surface area (Å²) in [6, 6.07) is 0. The predicted molar refractivity (Wildman–Crippen MR) is 48.7 cm³/mol. The number of nitrogens with zero attached hydrogens (tertiary/aromatic N) is 1. The fourth-order valence-corrected chi connectivity index (χ4v) is 1.49. The summed E-state index contributed by atoms with van der Waals surface area (Å²) in [4.78, 5) is 13.2. The van der Waals surface area contributed by atoms with E-state index < -0.39 is 0 Å². The molecule has 1 aliphatic rings. The van der Waals surface area contributed by atoms with Gasteiger partial charge in [-0.3, -0.25) is 4.79 Å². The van der Waals surface area contributed by atoms with Crippen molar-refractivity contribution in [2.24, 2.45) is 5.73 Å². The summed E-state index contributed by atoms with van der Waals surface area (Å²) < 4.78 is 0. The average molecular weight is 170 g/mol. The molecule has 1 fully saturated rings. The fourth-order valence-electron chi connectivity index (χ4n) is 1.49. The van der Waals surface area contributed by atoms with Crippen LogP contribution in [0.25, 0.3) is 0 Å². The monoisotopic (exact) mass is 170 g/mol. The lowest BCUT2D eigenvalue weighted by atomic mass is 9.93. The van der Waals surface area contributed by atoms with E-state index in [2.05, 4.69) is 6.92 Å². The molecule has 1 heterocycles. The highest BCUT2D eigenvalue weighted by Crippen LogP contribution is 2.18. The van der Waals surface area contributed by atoms with Gasteiger partial charge < -0.3 is 10.6 Å². The number of nitrogens with two attached hydrogens (primary N) is 1. The Bertz CT molecular complexity index is 169. The van der Waals surface area contributed by atoms with Gasteiger partial charge in [-0.05, 0) is 13.3 Å². The zero-order chi connectivity index (χ0) is 9.19. The molecule has 0 aromatic carbocycles. The van der Waals surface area contributed by atoms with E-state index in [0.29, 0.717) is 6.42 Å². The van der Waals surface area contributed by atoms with Crippen LogP contribution < -0.4 is 5.73 Å². The fraction of sp³-hybridized carbons (Fsp3) is 0.889. The van der Waals surface area contributed by atoms with Crippen LogP contribution in [0.15, 0.2) is 0 Å². The molecule has 1 amide bonds. The lowest BCUT2D eigenvalue weighted by molar-refractivity contribution is -0.138. The summed E-state index contributed by atoms with van der Waals surface area (Å²) in [7, 11) is 0. The third-order valence-electron chi connectivity index (χ3n) is 2.20. The van der Waals surface area contributed by atoms with Gasteiger partial charge in [0.25, 0.3) is 0 Å². The average Bonchev–Trinajstić information content (AvgIpc) is 1.95. The van der Waals surface area contributed by atoms with Crippen molar-refractivity contribution in [1.29, 1.82) is 0 Å². The van der Waals surface area contributed by atoms with Crippen molar-refractivity contribution in [2.45, 2.75) is 38.6 Å². The highest BCUT2D eigenvalue weighted by Gasteiger charge is 2.37. The maximum absolute atomic E-state index is 11.3. The SMILES string of the molecule is CCCCC(=O)N1CC(C)(N)C1. The number of carbonyl (C=O) groups is 1. The van der Waals surface area contributed by atoms with Crippen LogP contribution in [0.3, 0.4) is 0 Å². The van der Waals surface area contributed by atoms with Gasteiger partial charge in [-0.1, -0.05) is 13.3 Å². The van der Waals surface area contributed by atoms with Gasteiger partial charge in [0.05, 0.1) is 0 Å². The molecule has 3 nitrogen and oxygen atoms in total. The van der Waals surface area contributed by atoms with Gasteiger partial charge in [0.15, 0.2) is 0 Å². The summed E-state index contributed by atoms with van der Waals surface area (Å²) >= 11 is 0. The molecule has 0 saturated carbocycles. The van der Waals surface area contributed by atoms with Crippen molar-refractivity contribution in [3.05, 3.63) is 0 Å². The Morgan fingerprint density at radius 3 is 2.58 bits per heavy atom. The molecule has 0 unspecified atom stereocenters. The maximum Gasteiger partial charge on any atom is 0.222 e. The lowest BCUT2D eigenvalue weighted by Gasteiger charge is -2.45. The molecule has 1 rings (SSSR count). The Hall–Kier alpha value is -0.570. The van der Waals surface area contributed by atoms with Crippen molar-refractivity contribution in [3.63, 3.8) is 0 Å². The van der Waals surface area contributed by atoms with Gasteiger partial charge in [0.1, 0.15) is 0 Å². The van der Waals surface area contributed by atoms with Gasteiger partial charge in [-0.25, -0.2) is 0 Å². The minimum atomic E-state index is -0.123. The van der Waals surface area contributed by atoms with Gasteiger partial charge in [-0.15, -0.1) is 0 Å². The van der Waals surface area contributed by atoms with E-state index in [9.17, 15) is 4.79 Å².